The highest BCUT2D eigenvalue weighted by Gasteiger charge is 2.25. The van der Waals surface area contributed by atoms with E-state index in [2.05, 4.69) is 6.07 Å². The molecule has 2 rings (SSSR count). The van der Waals surface area contributed by atoms with Crippen LogP contribution in [0, 0.1) is 17.2 Å². The summed E-state index contributed by atoms with van der Waals surface area (Å²) in [5.74, 6) is -1.59. The van der Waals surface area contributed by atoms with Crippen LogP contribution in [-0.4, -0.2) is 11.1 Å². The topological polar surface area (TPSA) is 61.1 Å². The Kier molecular flexibility index (Phi) is 5.11. The third-order valence-electron chi connectivity index (χ3n) is 3.57. The lowest BCUT2D eigenvalue weighted by Crippen LogP contribution is -2.17. The quantitative estimate of drug-likeness (QED) is 0.878. The van der Waals surface area contributed by atoms with Crippen LogP contribution in [0.2, 0.25) is 0 Å². The number of aliphatic carboxylic acids is 1. The van der Waals surface area contributed by atoms with Crippen molar-refractivity contribution in [1.82, 2.24) is 0 Å². The first-order chi connectivity index (χ1) is 10.2. The molecule has 0 radical (unpaired) electrons. The lowest BCUT2D eigenvalue weighted by atomic mass is 9.80. The molecular formula is C18H17NO2. The number of carboxylic acid groups (broad SMARTS) is 1. The molecule has 2 aromatic carbocycles. The molecule has 0 aromatic heterocycles. The van der Waals surface area contributed by atoms with Gasteiger partial charge in [-0.25, -0.2) is 0 Å². The zero-order valence-corrected chi connectivity index (χ0v) is 11.6. The van der Waals surface area contributed by atoms with Crippen LogP contribution in [0.4, 0.5) is 0 Å². The van der Waals surface area contributed by atoms with Crippen LogP contribution in [-0.2, 0) is 11.2 Å². The number of rotatable bonds is 6. The fourth-order valence-corrected chi connectivity index (χ4v) is 2.53. The van der Waals surface area contributed by atoms with E-state index in [-0.39, 0.29) is 12.3 Å². The van der Waals surface area contributed by atoms with Crippen molar-refractivity contribution in [2.45, 2.75) is 18.8 Å². The largest absolute Gasteiger partial charge is 0.481 e. The Morgan fingerprint density at radius 2 is 1.62 bits per heavy atom. The maximum atomic E-state index is 11.0. The lowest BCUT2D eigenvalue weighted by Gasteiger charge is -2.21. The summed E-state index contributed by atoms with van der Waals surface area (Å²) in [4.78, 5) is 11.0. The highest BCUT2D eigenvalue weighted by atomic mass is 16.4. The first kappa shape index (κ1) is 14.8. The van der Waals surface area contributed by atoms with E-state index < -0.39 is 11.9 Å². The van der Waals surface area contributed by atoms with Crippen LogP contribution in [0.5, 0.6) is 0 Å². The molecule has 0 spiro atoms. The minimum atomic E-state index is -0.935. The predicted molar refractivity (Wildman–Crippen MR) is 80.7 cm³/mol. The second-order valence-electron chi connectivity index (χ2n) is 5.04. The summed E-state index contributed by atoms with van der Waals surface area (Å²) in [7, 11) is 0. The fourth-order valence-electron chi connectivity index (χ4n) is 2.53. The molecule has 1 N–H and O–H groups in total. The summed E-state index contributed by atoms with van der Waals surface area (Å²) in [5, 5.41) is 18.4. The van der Waals surface area contributed by atoms with Crippen LogP contribution in [0.3, 0.4) is 0 Å². The minimum absolute atomic E-state index is 0.116. The third-order valence-corrected chi connectivity index (χ3v) is 3.57. The Balaban J connectivity index is 2.30. The number of benzene rings is 2. The van der Waals surface area contributed by atoms with Gasteiger partial charge in [0.25, 0.3) is 0 Å². The maximum absolute atomic E-state index is 11.0. The first-order valence-electron chi connectivity index (χ1n) is 6.91. The van der Waals surface area contributed by atoms with Gasteiger partial charge in [0.2, 0.25) is 0 Å². The predicted octanol–water partition coefficient (Wildman–Crippen LogP) is 3.63. The molecular weight excluding hydrogens is 262 g/mol. The highest BCUT2D eigenvalue weighted by molar-refractivity contribution is 5.67. The molecule has 2 atom stereocenters. The van der Waals surface area contributed by atoms with Crippen LogP contribution in [0.1, 0.15) is 23.5 Å². The van der Waals surface area contributed by atoms with Gasteiger partial charge in [0.05, 0.1) is 18.4 Å². The van der Waals surface area contributed by atoms with Gasteiger partial charge >= 0.3 is 5.97 Å². The Bertz CT molecular complexity index is 617. The molecule has 3 nitrogen and oxygen atoms in total. The summed E-state index contributed by atoms with van der Waals surface area (Å²) in [6.45, 7) is 0. The van der Waals surface area contributed by atoms with Crippen molar-refractivity contribution in [2.24, 2.45) is 5.92 Å². The van der Waals surface area contributed by atoms with Gasteiger partial charge in [-0.2, -0.15) is 5.26 Å². The minimum Gasteiger partial charge on any atom is -0.481 e. The van der Waals surface area contributed by atoms with Crippen molar-refractivity contribution < 1.29 is 9.90 Å². The van der Waals surface area contributed by atoms with E-state index in [1.54, 1.807) is 0 Å². The Morgan fingerprint density at radius 3 is 2.14 bits per heavy atom. The molecule has 0 aliphatic carbocycles. The van der Waals surface area contributed by atoms with Crippen molar-refractivity contribution >= 4 is 5.97 Å². The number of hydrogen-bond acceptors (Lipinski definition) is 2. The van der Waals surface area contributed by atoms with Gasteiger partial charge in [0.1, 0.15) is 0 Å². The van der Waals surface area contributed by atoms with Crippen LogP contribution in [0.15, 0.2) is 60.7 Å². The van der Waals surface area contributed by atoms with E-state index in [1.807, 2.05) is 60.7 Å². The molecule has 0 unspecified atom stereocenters. The van der Waals surface area contributed by atoms with E-state index >= 15 is 0 Å². The number of hydrogen-bond donors (Lipinski definition) is 1. The van der Waals surface area contributed by atoms with Gasteiger partial charge in [0.15, 0.2) is 0 Å². The molecule has 0 saturated heterocycles. The summed E-state index contributed by atoms with van der Waals surface area (Å²) in [5.41, 5.74) is 2.12. The summed E-state index contributed by atoms with van der Waals surface area (Å²) in [6, 6.07) is 21.7. The second kappa shape index (κ2) is 7.25. The summed E-state index contributed by atoms with van der Waals surface area (Å²) in [6.07, 6.45) is 0.527. The monoisotopic (exact) mass is 279 g/mol. The van der Waals surface area contributed by atoms with Crippen molar-refractivity contribution in [2.75, 3.05) is 0 Å². The average Bonchev–Trinajstić information content (AvgIpc) is 2.52. The number of nitrogens with zero attached hydrogens (tertiary/aromatic N) is 1. The molecule has 0 amide bonds. The molecule has 0 fully saturated rings. The molecule has 2 aromatic rings. The molecule has 21 heavy (non-hydrogen) atoms. The van der Waals surface area contributed by atoms with E-state index in [1.165, 1.54) is 0 Å². The Morgan fingerprint density at radius 1 is 1.05 bits per heavy atom. The van der Waals surface area contributed by atoms with Gasteiger partial charge in [-0.1, -0.05) is 60.7 Å². The molecule has 106 valence electrons. The number of carboxylic acids is 1. The van der Waals surface area contributed by atoms with Crippen molar-refractivity contribution in [1.29, 1.82) is 5.26 Å². The summed E-state index contributed by atoms with van der Waals surface area (Å²) >= 11 is 0. The Hall–Kier alpha value is -2.60. The van der Waals surface area contributed by atoms with E-state index in [4.69, 9.17) is 5.11 Å². The number of carbonyl (C=O) groups is 1. The van der Waals surface area contributed by atoms with E-state index in [0.29, 0.717) is 6.42 Å². The molecule has 3 heteroatoms. The van der Waals surface area contributed by atoms with Gasteiger partial charge < -0.3 is 5.11 Å². The zero-order valence-electron chi connectivity index (χ0n) is 11.6. The smallest absolute Gasteiger partial charge is 0.304 e. The second-order valence-corrected chi connectivity index (χ2v) is 5.04. The van der Waals surface area contributed by atoms with Crippen LogP contribution < -0.4 is 0 Å². The van der Waals surface area contributed by atoms with Crippen molar-refractivity contribution in [3.63, 3.8) is 0 Å². The first-order valence-corrected chi connectivity index (χ1v) is 6.91. The summed E-state index contributed by atoms with van der Waals surface area (Å²) < 4.78 is 0. The molecule has 0 bridgehead atoms. The molecule has 0 aliphatic heterocycles. The average molecular weight is 279 g/mol. The normalized spacial score (nSPS) is 13.1. The molecule has 0 aliphatic rings. The van der Waals surface area contributed by atoms with Crippen LogP contribution in [0.25, 0.3) is 0 Å². The fraction of sp³-hybridized carbons (Fsp3) is 0.222. The molecule has 0 heterocycles. The van der Waals surface area contributed by atoms with E-state index in [9.17, 15) is 10.1 Å². The maximum Gasteiger partial charge on any atom is 0.304 e. The lowest BCUT2D eigenvalue weighted by molar-refractivity contribution is -0.137. The van der Waals surface area contributed by atoms with Gasteiger partial charge in [-0.05, 0) is 17.5 Å². The van der Waals surface area contributed by atoms with Gasteiger partial charge in [0, 0.05) is 5.92 Å². The highest BCUT2D eigenvalue weighted by Crippen LogP contribution is 2.30. The zero-order chi connectivity index (χ0) is 15.1. The van der Waals surface area contributed by atoms with E-state index in [0.717, 1.165) is 11.1 Å². The number of nitriles is 1. The Labute approximate surface area is 124 Å². The van der Waals surface area contributed by atoms with Crippen LogP contribution >= 0.6 is 0 Å². The van der Waals surface area contributed by atoms with Gasteiger partial charge in [-0.3, -0.25) is 4.79 Å². The third kappa shape index (κ3) is 4.19. The standard InChI is InChI=1S/C18H17NO2/c19-13-16(12-18(20)21)17(15-9-5-2-6-10-15)11-14-7-3-1-4-8-14/h1-10,16-17H,11-12H2,(H,20,21)/t16-,17-/m1/s1. The SMILES string of the molecule is N#C[C@@H](CC(=O)O)[C@H](Cc1ccccc1)c1ccccc1. The van der Waals surface area contributed by atoms with Crippen molar-refractivity contribution in [3.05, 3.63) is 71.8 Å². The molecule has 0 saturated carbocycles. The van der Waals surface area contributed by atoms with Gasteiger partial charge in [-0.15, -0.1) is 0 Å². The van der Waals surface area contributed by atoms with Crippen molar-refractivity contribution in [3.8, 4) is 6.07 Å².